The van der Waals surface area contributed by atoms with Crippen LogP contribution in [0.1, 0.15) is 0 Å². The lowest BCUT2D eigenvalue weighted by Gasteiger charge is -2.11. The number of nitrogens with one attached hydrogen (secondary N) is 1. The fourth-order valence-corrected chi connectivity index (χ4v) is 3.01. The van der Waals surface area contributed by atoms with E-state index in [1.54, 1.807) is 25.4 Å². The van der Waals surface area contributed by atoms with Gasteiger partial charge in [-0.1, -0.05) is 36.4 Å². The van der Waals surface area contributed by atoms with E-state index in [0.29, 0.717) is 0 Å². The van der Waals surface area contributed by atoms with E-state index >= 15 is 0 Å². The highest BCUT2D eigenvalue weighted by molar-refractivity contribution is 6.01. The Hall–Kier alpha value is -3.14. The van der Waals surface area contributed by atoms with Crippen LogP contribution in [0.3, 0.4) is 0 Å². The second-order valence-electron chi connectivity index (χ2n) is 5.53. The molecule has 3 aromatic carbocycles. The van der Waals surface area contributed by atoms with Crippen LogP contribution in [0, 0.1) is 5.82 Å². The fraction of sp³-hybridized carbons (Fsp3) is 0.0500. The molecule has 4 heteroatoms. The summed E-state index contributed by atoms with van der Waals surface area (Å²) in [4.78, 5) is 0. The summed E-state index contributed by atoms with van der Waals surface area (Å²) in [6.45, 7) is 0. The molecule has 0 fully saturated rings. The summed E-state index contributed by atoms with van der Waals surface area (Å²) in [6.07, 6.45) is 1.77. The van der Waals surface area contributed by atoms with Gasteiger partial charge in [-0.05, 0) is 35.2 Å². The van der Waals surface area contributed by atoms with Crippen molar-refractivity contribution in [3.8, 4) is 28.1 Å². The van der Waals surface area contributed by atoms with Crippen molar-refractivity contribution in [1.82, 2.24) is 10.2 Å². The summed E-state index contributed by atoms with van der Waals surface area (Å²) in [7, 11) is 1.67. The van der Waals surface area contributed by atoms with E-state index in [4.69, 9.17) is 4.74 Å². The van der Waals surface area contributed by atoms with Gasteiger partial charge in [-0.15, -0.1) is 0 Å². The molecule has 0 unspecified atom stereocenters. The molecule has 4 aromatic rings. The third kappa shape index (κ3) is 2.33. The van der Waals surface area contributed by atoms with Crippen molar-refractivity contribution >= 4 is 10.8 Å². The topological polar surface area (TPSA) is 37.9 Å². The van der Waals surface area contributed by atoms with E-state index < -0.39 is 0 Å². The summed E-state index contributed by atoms with van der Waals surface area (Å²) in [5.74, 6) is 0.580. The first-order valence-electron chi connectivity index (χ1n) is 7.63. The molecule has 0 saturated carbocycles. The van der Waals surface area contributed by atoms with E-state index in [1.165, 1.54) is 12.1 Å². The van der Waals surface area contributed by atoms with Crippen molar-refractivity contribution in [3.05, 3.63) is 72.7 Å². The third-order valence-electron chi connectivity index (χ3n) is 4.17. The molecule has 24 heavy (non-hydrogen) atoms. The van der Waals surface area contributed by atoms with Gasteiger partial charge >= 0.3 is 0 Å². The SMILES string of the molecule is COc1ccc(-c2[nH]ncc2-c2ccc(F)cc2)c2ccccc12. The number of aromatic amines is 1. The van der Waals surface area contributed by atoms with Crippen LogP contribution in [-0.4, -0.2) is 17.3 Å². The molecule has 1 N–H and O–H groups in total. The van der Waals surface area contributed by atoms with Crippen molar-refractivity contribution < 1.29 is 9.13 Å². The maximum atomic E-state index is 13.2. The zero-order chi connectivity index (χ0) is 16.5. The standard InChI is InChI=1S/C20H15FN2O/c1-24-19-11-10-17(15-4-2-3-5-16(15)19)20-18(12-22-23-20)13-6-8-14(21)9-7-13/h2-12H,1H3,(H,22,23). The van der Waals surface area contributed by atoms with Crippen LogP contribution in [-0.2, 0) is 0 Å². The first kappa shape index (κ1) is 14.5. The maximum absolute atomic E-state index is 13.2. The number of rotatable bonds is 3. The molecule has 118 valence electrons. The smallest absolute Gasteiger partial charge is 0.126 e. The van der Waals surface area contributed by atoms with Crippen molar-refractivity contribution in [3.63, 3.8) is 0 Å². The Labute approximate surface area is 138 Å². The van der Waals surface area contributed by atoms with E-state index in [2.05, 4.69) is 16.3 Å². The van der Waals surface area contributed by atoms with E-state index in [0.717, 1.165) is 38.9 Å². The number of halogens is 1. The molecule has 1 aromatic heterocycles. The molecule has 4 rings (SSSR count). The Morgan fingerprint density at radius 3 is 2.38 bits per heavy atom. The van der Waals surface area contributed by atoms with Gasteiger partial charge in [0.15, 0.2) is 0 Å². The molecule has 0 atom stereocenters. The molecule has 0 aliphatic rings. The molecule has 1 heterocycles. The van der Waals surface area contributed by atoms with E-state index in [9.17, 15) is 4.39 Å². The lowest BCUT2D eigenvalue weighted by Crippen LogP contribution is -1.89. The Bertz CT molecular complexity index is 1010. The van der Waals surface area contributed by atoms with Crippen molar-refractivity contribution in [2.75, 3.05) is 7.11 Å². The Morgan fingerprint density at radius 2 is 1.62 bits per heavy atom. The number of fused-ring (bicyclic) bond motifs is 1. The van der Waals surface area contributed by atoms with Gasteiger partial charge in [0.2, 0.25) is 0 Å². The Kier molecular flexibility index (Phi) is 3.50. The minimum atomic E-state index is -0.251. The minimum Gasteiger partial charge on any atom is -0.496 e. The largest absolute Gasteiger partial charge is 0.496 e. The Morgan fingerprint density at radius 1 is 0.875 bits per heavy atom. The van der Waals surface area contributed by atoms with Gasteiger partial charge in [0.05, 0.1) is 19.0 Å². The molecule has 0 aliphatic heterocycles. The number of H-pyrrole nitrogens is 1. The van der Waals surface area contributed by atoms with Gasteiger partial charge in [-0.25, -0.2) is 4.39 Å². The summed E-state index contributed by atoms with van der Waals surface area (Å²) < 4.78 is 18.7. The number of methoxy groups -OCH3 is 1. The first-order valence-corrected chi connectivity index (χ1v) is 7.63. The lowest BCUT2D eigenvalue weighted by molar-refractivity contribution is 0.420. The molecular formula is C20H15FN2O. The van der Waals surface area contributed by atoms with Crippen LogP contribution < -0.4 is 4.74 Å². The second kappa shape index (κ2) is 5.81. The zero-order valence-corrected chi connectivity index (χ0v) is 13.1. The molecule has 0 aliphatic carbocycles. The normalized spacial score (nSPS) is 10.9. The molecule has 3 nitrogen and oxygen atoms in total. The average Bonchev–Trinajstić information content (AvgIpc) is 3.11. The highest BCUT2D eigenvalue weighted by Crippen LogP contribution is 2.37. The van der Waals surface area contributed by atoms with Crippen LogP contribution in [0.25, 0.3) is 33.2 Å². The quantitative estimate of drug-likeness (QED) is 0.574. The van der Waals surface area contributed by atoms with Crippen molar-refractivity contribution in [2.45, 2.75) is 0 Å². The van der Waals surface area contributed by atoms with Gasteiger partial charge in [0.1, 0.15) is 11.6 Å². The summed E-state index contributed by atoms with van der Waals surface area (Å²) in [6, 6.07) is 18.5. The highest BCUT2D eigenvalue weighted by atomic mass is 19.1. The monoisotopic (exact) mass is 318 g/mol. The van der Waals surface area contributed by atoms with Crippen molar-refractivity contribution in [1.29, 1.82) is 0 Å². The molecule has 0 saturated heterocycles. The average molecular weight is 318 g/mol. The van der Waals surface area contributed by atoms with Crippen LogP contribution in [0.4, 0.5) is 4.39 Å². The van der Waals surface area contributed by atoms with Gasteiger partial charge in [-0.3, -0.25) is 5.10 Å². The molecule has 0 radical (unpaired) electrons. The van der Waals surface area contributed by atoms with Gasteiger partial charge in [0, 0.05) is 16.5 Å². The molecule has 0 amide bonds. The summed E-state index contributed by atoms with van der Waals surface area (Å²) in [5.41, 5.74) is 3.79. The predicted molar refractivity (Wildman–Crippen MR) is 93.5 cm³/mol. The third-order valence-corrected chi connectivity index (χ3v) is 4.17. The molecule has 0 bridgehead atoms. The minimum absolute atomic E-state index is 0.251. The molecular weight excluding hydrogens is 303 g/mol. The van der Waals surface area contributed by atoms with Crippen LogP contribution >= 0.6 is 0 Å². The summed E-state index contributed by atoms with van der Waals surface area (Å²) >= 11 is 0. The van der Waals surface area contributed by atoms with Gasteiger partial charge in [0.25, 0.3) is 0 Å². The number of ether oxygens (including phenoxy) is 1. The Balaban J connectivity index is 1.94. The van der Waals surface area contributed by atoms with Crippen LogP contribution in [0.2, 0.25) is 0 Å². The van der Waals surface area contributed by atoms with Gasteiger partial charge < -0.3 is 4.74 Å². The van der Waals surface area contributed by atoms with E-state index in [-0.39, 0.29) is 5.82 Å². The number of benzene rings is 3. The van der Waals surface area contributed by atoms with Gasteiger partial charge in [-0.2, -0.15) is 5.10 Å². The maximum Gasteiger partial charge on any atom is 0.126 e. The number of hydrogen-bond acceptors (Lipinski definition) is 2. The predicted octanol–water partition coefficient (Wildman–Crippen LogP) is 5.04. The second-order valence-corrected chi connectivity index (χ2v) is 5.53. The molecule has 0 spiro atoms. The first-order chi connectivity index (χ1) is 11.8. The zero-order valence-electron chi connectivity index (χ0n) is 13.1. The van der Waals surface area contributed by atoms with Crippen LogP contribution in [0.15, 0.2) is 66.9 Å². The number of aromatic nitrogens is 2. The highest BCUT2D eigenvalue weighted by Gasteiger charge is 2.14. The summed E-state index contributed by atoms with van der Waals surface area (Å²) in [5, 5.41) is 9.39. The number of nitrogens with zero attached hydrogens (tertiary/aromatic N) is 1. The lowest BCUT2D eigenvalue weighted by atomic mass is 9.96. The fourth-order valence-electron chi connectivity index (χ4n) is 3.01. The van der Waals surface area contributed by atoms with E-state index in [1.807, 2.05) is 30.3 Å². The van der Waals surface area contributed by atoms with Crippen LogP contribution in [0.5, 0.6) is 5.75 Å². The van der Waals surface area contributed by atoms with Crippen molar-refractivity contribution in [2.24, 2.45) is 0 Å². The number of hydrogen-bond donors (Lipinski definition) is 1.